The van der Waals surface area contributed by atoms with Gasteiger partial charge in [-0.15, -0.1) is 0 Å². The first-order valence-electron chi connectivity index (χ1n) is 7.77. The van der Waals surface area contributed by atoms with Crippen molar-refractivity contribution in [2.24, 2.45) is 23.2 Å². The molecule has 0 bridgehead atoms. The minimum atomic E-state index is -0.613. The summed E-state index contributed by atoms with van der Waals surface area (Å²) in [7, 11) is 0. The van der Waals surface area contributed by atoms with E-state index in [0.29, 0.717) is 23.3 Å². The minimum absolute atomic E-state index is 0.164. The summed E-state index contributed by atoms with van der Waals surface area (Å²) in [6.45, 7) is 10.8. The fourth-order valence-corrected chi connectivity index (χ4v) is 4.16. The van der Waals surface area contributed by atoms with Crippen LogP contribution in [0.2, 0.25) is 0 Å². The predicted molar refractivity (Wildman–Crippen MR) is 77.1 cm³/mol. The van der Waals surface area contributed by atoms with Gasteiger partial charge in [-0.05, 0) is 30.1 Å². The summed E-state index contributed by atoms with van der Waals surface area (Å²) in [6.07, 6.45) is 5.20. The average Bonchev–Trinajstić information content (AvgIpc) is 2.70. The first kappa shape index (κ1) is 14.8. The van der Waals surface area contributed by atoms with Gasteiger partial charge in [0.1, 0.15) is 0 Å². The van der Waals surface area contributed by atoms with E-state index in [1.54, 1.807) is 0 Å². The van der Waals surface area contributed by atoms with E-state index in [9.17, 15) is 9.90 Å². The zero-order valence-corrected chi connectivity index (χ0v) is 12.9. The molecule has 2 aliphatic rings. The monoisotopic (exact) mass is 267 g/mol. The van der Waals surface area contributed by atoms with Gasteiger partial charge in [0.15, 0.2) is 0 Å². The molecule has 1 saturated heterocycles. The normalized spacial score (nSPS) is 37.5. The number of rotatable bonds is 2. The van der Waals surface area contributed by atoms with E-state index >= 15 is 0 Å². The van der Waals surface area contributed by atoms with Crippen LogP contribution in [-0.4, -0.2) is 35.1 Å². The highest BCUT2D eigenvalue weighted by atomic mass is 16.4. The van der Waals surface area contributed by atoms with Crippen LogP contribution >= 0.6 is 0 Å². The molecular formula is C16H29NO2. The summed E-state index contributed by atoms with van der Waals surface area (Å²) in [6, 6.07) is 0.598. The summed E-state index contributed by atoms with van der Waals surface area (Å²) in [4.78, 5) is 13.8. The molecule has 0 radical (unpaired) electrons. The molecule has 2 rings (SSSR count). The lowest BCUT2D eigenvalue weighted by molar-refractivity contribution is -0.142. The topological polar surface area (TPSA) is 40.5 Å². The van der Waals surface area contributed by atoms with E-state index in [-0.39, 0.29) is 5.92 Å². The number of carbonyl (C=O) groups is 1. The molecule has 3 nitrogen and oxygen atoms in total. The van der Waals surface area contributed by atoms with Gasteiger partial charge in [-0.25, -0.2) is 0 Å². The second-order valence-corrected chi connectivity index (χ2v) is 7.70. The van der Waals surface area contributed by atoms with E-state index in [2.05, 4.69) is 32.6 Å². The number of carboxylic acids is 1. The molecule has 2 fully saturated rings. The molecule has 110 valence electrons. The molecule has 1 N–H and O–H groups in total. The Kier molecular flexibility index (Phi) is 4.24. The second kappa shape index (κ2) is 5.43. The molecule has 4 atom stereocenters. The van der Waals surface area contributed by atoms with Crippen molar-refractivity contribution in [2.45, 2.75) is 59.4 Å². The van der Waals surface area contributed by atoms with E-state index < -0.39 is 5.97 Å². The van der Waals surface area contributed by atoms with E-state index in [1.807, 2.05) is 0 Å². The highest BCUT2D eigenvalue weighted by Crippen LogP contribution is 2.42. The maximum Gasteiger partial charge on any atom is 0.308 e. The second-order valence-electron chi connectivity index (χ2n) is 7.70. The Morgan fingerprint density at radius 2 is 1.79 bits per heavy atom. The average molecular weight is 267 g/mol. The Balaban J connectivity index is 2.10. The Labute approximate surface area is 117 Å². The molecule has 1 heterocycles. The lowest BCUT2D eigenvalue weighted by atomic mass is 9.69. The first-order chi connectivity index (χ1) is 8.80. The van der Waals surface area contributed by atoms with Crippen LogP contribution in [0.15, 0.2) is 0 Å². The Hall–Kier alpha value is -0.570. The lowest BCUT2D eigenvalue weighted by Crippen LogP contribution is -2.46. The first-order valence-corrected chi connectivity index (χ1v) is 7.77. The zero-order chi connectivity index (χ0) is 14.2. The van der Waals surface area contributed by atoms with Crippen LogP contribution in [0.25, 0.3) is 0 Å². The zero-order valence-electron chi connectivity index (χ0n) is 12.9. The molecule has 1 saturated carbocycles. The predicted octanol–water partition coefficient (Wildman–Crippen LogP) is 3.24. The lowest BCUT2D eigenvalue weighted by Gasteiger charge is -2.44. The molecule has 2 unspecified atom stereocenters. The molecular weight excluding hydrogens is 238 g/mol. The van der Waals surface area contributed by atoms with E-state index in [1.165, 1.54) is 25.7 Å². The van der Waals surface area contributed by atoms with Crippen LogP contribution in [-0.2, 0) is 4.79 Å². The van der Waals surface area contributed by atoms with Crippen LogP contribution in [0.4, 0.5) is 0 Å². The Morgan fingerprint density at radius 3 is 2.32 bits per heavy atom. The third-order valence-corrected chi connectivity index (χ3v) is 5.27. The molecule has 1 aliphatic heterocycles. The van der Waals surface area contributed by atoms with Crippen molar-refractivity contribution in [3.8, 4) is 0 Å². The fourth-order valence-electron chi connectivity index (χ4n) is 4.16. The molecule has 3 heteroatoms. The summed E-state index contributed by atoms with van der Waals surface area (Å²) in [5.74, 6) is 0.224. The van der Waals surface area contributed by atoms with Crippen molar-refractivity contribution in [3.05, 3.63) is 0 Å². The number of nitrogens with zero attached hydrogens (tertiary/aromatic N) is 1. The molecule has 1 aliphatic carbocycles. The van der Waals surface area contributed by atoms with Crippen LogP contribution in [0, 0.1) is 23.2 Å². The minimum Gasteiger partial charge on any atom is -0.481 e. The van der Waals surface area contributed by atoms with Crippen molar-refractivity contribution in [2.75, 3.05) is 13.1 Å². The number of hydrogen-bond acceptors (Lipinski definition) is 2. The summed E-state index contributed by atoms with van der Waals surface area (Å²) >= 11 is 0. The molecule has 19 heavy (non-hydrogen) atoms. The molecule has 0 aromatic heterocycles. The van der Waals surface area contributed by atoms with Crippen LogP contribution in [0.3, 0.4) is 0 Å². The maximum atomic E-state index is 11.3. The van der Waals surface area contributed by atoms with Gasteiger partial charge in [-0.3, -0.25) is 9.69 Å². The van der Waals surface area contributed by atoms with Crippen LogP contribution in [0.1, 0.15) is 53.4 Å². The maximum absolute atomic E-state index is 11.3. The van der Waals surface area contributed by atoms with Crippen LogP contribution in [0.5, 0.6) is 0 Å². The van der Waals surface area contributed by atoms with Crippen molar-refractivity contribution in [1.82, 2.24) is 4.90 Å². The molecule has 0 aromatic rings. The van der Waals surface area contributed by atoms with Gasteiger partial charge in [-0.1, -0.05) is 40.5 Å². The number of hydrogen-bond donors (Lipinski definition) is 1. The fraction of sp³-hybridized carbons (Fsp3) is 0.938. The van der Waals surface area contributed by atoms with Gasteiger partial charge >= 0.3 is 5.97 Å². The van der Waals surface area contributed by atoms with Gasteiger partial charge in [0.25, 0.3) is 0 Å². The third kappa shape index (κ3) is 3.13. The van der Waals surface area contributed by atoms with E-state index in [0.717, 1.165) is 13.1 Å². The standard InChI is InChI=1S/C16H29NO2/c1-11-9-17(10-12(11)15(18)19)14-8-6-5-7-13(14)16(2,3)4/h11-14H,5-10H2,1-4H3,(H,18,19)/t11-,12-,13?,14?/m1/s1. The van der Waals surface area contributed by atoms with Gasteiger partial charge in [0.2, 0.25) is 0 Å². The van der Waals surface area contributed by atoms with Crippen molar-refractivity contribution in [3.63, 3.8) is 0 Å². The van der Waals surface area contributed by atoms with Crippen molar-refractivity contribution < 1.29 is 9.90 Å². The number of aliphatic carboxylic acids is 1. The third-order valence-electron chi connectivity index (χ3n) is 5.27. The number of likely N-dealkylation sites (tertiary alicyclic amines) is 1. The van der Waals surface area contributed by atoms with Gasteiger partial charge < -0.3 is 5.11 Å². The van der Waals surface area contributed by atoms with E-state index in [4.69, 9.17) is 0 Å². The van der Waals surface area contributed by atoms with Crippen molar-refractivity contribution in [1.29, 1.82) is 0 Å². The summed E-state index contributed by atoms with van der Waals surface area (Å²) in [5, 5.41) is 9.30. The van der Waals surface area contributed by atoms with Gasteiger partial charge in [0.05, 0.1) is 5.92 Å². The summed E-state index contributed by atoms with van der Waals surface area (Å²) in [5.41, 5.74) is 0.329. The Morgan fingerprint density at radius 1 is 1.16 bits per heavy atom. The smallest absolute Gasteiger partial charge is 0.308 e. The molecule has 0 aromatic carbocycles. The molecule has 0 amide bonds. The number of carboxylic acid groups (broad SMARTS) is 1. The molecule has 0 spiro atoms. The van der Waals surface area contributed by atoms with Gasteiger partial charge in [0, 0.05) is 19.1 Å². The van der Waals surface area contributed by atoms with Crippen LogP contribution < -0.4 is 0 Å². The van der Waals surface area contributed by atoms with Gasteiger partial charge in [-0.2, -0.15) is 0 Å². The summed E-state index contributed by atoms with van der Waals surface area (Å²) < 4.78 is 0. The SMILES string of the molecule is C[C@@H]1CN(C2CCCCC2C(C)(C)C)C[C@H]1C(=O)O. The quantitative estimate of drug-likeness (QED) is 0.835. The highest BCUT2D eigenvalue weighted by Gasteiger charge is 2.43. The highest BCUT2D eigenvalue weighted by molar-refractivity contribution is 5.71. The largest absolute Gasteiger partial charge is 0.481 e. The van der Waals surface area contributed by atoms with Crippen molar-refractivity contribution >= 4 is 5.97 Å². The Bertz CT molecular complexity index is 334.